The molecule has 3 atom stereocenters. The van der Waals surface area contributed by atoms with Gasteiger partial charge in [-0.2, -0.15) is 0 Å². The summed E-state index contributed by atoms with van der Waals surface area (Å²) in [4.78, 5) is 12.0. The number of fused-ring (bicyclic) bond motifs is 3. The van der Waals surface area contributed by atoms with Crippen LogP contribution in [0.3, 0.4) is 0 Å². The Bertz CT molecular complexity index is 596. The molecule has 0 amide bonds. The lowest BCUT2D eigenvalue weighted by Gasteiger charge is -2.42. The maximum absolute atomic E-state index is 12.0. The number of hydrogen-bond acceptors (Lipinski definition) is 4. The normalized spacial score (nSPS) is 30.2. The smallest absolute Gasteiger partial charge is 0.322 e. The van der Waals surface area contributed by atoms with Crippen LogP contribution in [0.25, 0.3) is 0 Å². The zero-order valence-electron chi connectivity index (χ0n) is 12.8. The third-order valence-corrected chi connectivity index (χ3v) is 5.24. The highest BCUT2D eigenvalue weighted by Crippen LogP contribution is 2.57. The van der Waals surface area contributed by atoms with E-state index >= 15 is 0 Å². The number of ether oxygens (including phenoxy) is 1. The van der Waals surface area contributed by atoms with Crippen molar-refractivity contribution in [1.29, 1.82) is 0 Å². The molecule has 112 valence electrons. The first-order valence-corrected chi connectivity index (χ1v) is 7.30. The molecule has 2 N–H and O–H groups in total. The predicted octanol–water partition coefficient (Wildman–Crippen LogP) is 2.42. The molecule has 1 aromatic rings. The zero-order chi connectivity index (χ0) is 15.3. The van der Waals surface area contributed by atoms with E-state index in [0.29, 0.717) is 6.42 Å². The Morgan fingerprint density at radius 1 is 1.48 bits per heavy atom. The second kappa shape index (κ2) is 4.60. The van der Waals surface area contributed by atoms with Gasteiger partial charge in [0.05, 0.1) is 13.3 Å². The Morgan fingerprint density at radius 3 is 2.86 bits per heavy atom. The Kier molecular flexibility index (Phi) is 3.10. The van der Waals surface area contributed by atoms with Crippen LogP contribution in [0.2, 0.25) is 0 Å². The molecule has 0 aromatic heterocycles. The van der Waals surface area contributed by atoms with Crippen molar-refractivity contribution in [3.05, 3.63) is 42.5 Å². The minimum absolute atomic E-state index is 0.00648. The van der Waals surface area contributed by atoms with Gasteiger partial charge in [0.2, 0.25) is 0 Å². The van der Waals surface area contributed by atoms with Crippen LogP contribution in [0, 0.1) is 5.41 Å². The van der Waals surface area contributed by atoms with Gasteiger partial charge in [0, 0.05) is 11.1 Å². The first-order chi connectivity index (χ1) is 9.96. The molecule has 4 heteroatoms. The molecule has 1 fully saturated rings. The van der Waals surface area contributed by atoms with Crippen molar-refractivity contribution < 1.29 is 9.53 Å². The van der Waals surface area contributed by atoms with E-state index in [9.17, 15) is 4.79 Å². The number of esters is 1. The third-order valence-electron chi connectivity index (χ3n) is 5.24. The minimum atomic E-state index is -0.292. The number of carbonyl (C=O) groups is 1. The monoisotopic (exact) mass is 286 g/mol. The Morgan fingerprint density at radius 2 is 2.19 bits per heavy atom. The molecule has 2 heterocycles. The van der Waals surface area contributed by atoms with Crippen LogP contribution in [0.4, 0.5) is 5.69 Å². The van der Waals surface area contributed by atoms with Crippen molar-refractivity contribution in [3.63, 3.8) is 0 Å². The summed E-state index contributed by atoms with van der Waals surface area (Å²) in [7, 11) is 1.44. The molecule has 2 aliphatic rings. The minimum Gasteiger partial charge on any atom is -0.468 e. The average Bonchev–Trinajstić information content (AvgIpc) is 3.00. The van der Waals surface area contributed by atoms with Crippen LogP contribution >= 0.6 is 0 Å². The summed E-state index contributed by atoms with van der Waals surface area (Å²) in [5.74, 6) is -0.206. The second-order valence-corrected chi connectivity index (χ2v) is 6.47. The van der Waals surface area contributed by atoms with Crippen LogP contribution in [0.5, 0.6) is 0 Å². The third kappa shape index (κ3) is 1.75. The molecule has 1 aromatic carbocycles. The zero-order valence-corrected chi connectivity index (χ0v) is 12.8. The maximum Gasteiger partial charge on any atom is 0.322 e. The summed E-state index contributed by atoms with van der Waals surface area (Å²) < 4.78 is 4.92. The van der Waals surface area contributed by atoms with E-state index < -0.39 is 0 Å². The number of benzene rings is 1. The number of para-hydroxylation sites is 1. The molecule has 0 unspecified atom stereocenters. The number of hydrogen-bond donors (Lipinski definition) is 2. The molecular formula is C17H22N2O2. The summed E-state index contributed by atoms with van der Waals surface area (Å²) in [6.07, 6.45) is 2.70. The number of allylic oxidation sites excluding steroid dienone is 1. The fourth-order valence-corrected chi connectivity index (χ4v) is 3.88. The van der Waals surface area contributed by atoms with Gasteiger partial charge >= 0.3 is 5.97 Å². The van der Waals surface area contributed by atoms with Crippen LogP contribution in [0.15, 0.2) is 36.9 Å². The first-order valence-electron chi connectivity index (χ1n) is 7.30. The molecule has 3 rings (SSSR count). The molecule has 1 saturated heterocycles. The van der Waals surface area contributed by atoms with Crippen molar-refractivity contribution in [2.45, 2.75) is 37.9 Å². The van der Waals surface area contributed by atoms with Gasteiger partial charge in [-0.15, -0.1) is 6.58 Å². The van der Waals surface area contributed by atoms with Gasteiger partial charge in [0.25, 0.3) is 0 Å². The average molecular weight is 286 g/mol. The Balaban J connectivity index is 2.12. The Labute approximate surface area is 125 Å². The summed E-state index contributed by atoms with van der Waals surface area (Å²) in [6.45, 7) is 8.38. The molecule has 2 aliphatic heterocycles. The molecule has 0 saturated carbocycles. The van der Waals surface area contributed by atoms with Gasteiger partial charge in [-0.3, -0.25) is 10.1 Å². The summed E-state index contributed by atoms with van der Waals surface area (Å²) >= 11 is 0. The van der Waals surface area contributed by atoms with Crippen LogP contribution < -0.4 is 10.6 Å². The summed E-state index contributed by atoms with van der Waals surface area (Å²) in [5, 5.41) is 6.92. The van der Waals surface area contributed by atoms with E-state index in [0.717, 1.165) is 5.69 Å². The van der Waals surface area contributed by atoms with Crippen molar-refractivity contribution in [3.8, 4) is 0 Å². The molecule has 0 radical (unpaired) electrons. The van der Waals surface area contributed by atoms with Crippen molar-refractivity contribution in [2.75, 3.05) is 12.4 Å². The highest BCUT2D eigenvalue weighted by atomic mass is 16.5. The van der Waals surface area contributed by atoms with E-state index in [-0.39, 0.29) is 29.0 Å². The molecule has 4 nitrogen and oxygen atoms in total. The van der Waals surface area contributed by atoms with E-state index in [4.69, 9.17) is 4.74 Å². The van der Waals surface area contributed by atoms with Gasteiger partial charge in [-0.05, 0) is 23.5 Å². The molecule has 0 spiro atoms. The van der Waals surface area contributed by atoms with Gasteiger partial charge in [0.1, 0.15) is 6.04 Å². The van der Waals surface area contributed by atoms with E-state index in [1.54, 1.807) is 0 Å². The first kappa shape index (κ1) is 14.1. The quantitative estimate of drug-likeness (QED) is 0.662. The highest BCUT2D eigenvalue weighted by molar-refractivity contribution is 5.78. The lowest BCUT2D eigenvalue weighted by molar-refractivity contribution is -0.142. The van der Waals surface area contributed by atoms with Crippen LogP contribution in [-0.2, 0) is 14.9 Å². The van der Waals surface area contributed by atoms with E-state index in [2.05, 4.69) is 49.3 Å². The lowest BCUT2D eigenvalue weighted by atomic mass is 9.60. The van der Waals surface area contributed by atoms with Gasteiger partial charge < -0.3 is 10.1 Å². The van der Waals surface area contributed by atoms with Gasteiger partial charge in [0.15, 0.2) is 0 Å². The molecule has 21 heavy (non-hydrogen) atoms. The lowest BCUT2D eigenvalue weighted by Crippen LogP contribution is -2.49. The number of anilines is 1. The van der Waals surface area contributed by atoms with Gasteiger partial charge in [-0.1, -0.05) is 38.1 Å². The number of methoxy groups -OCH3 is 1. The topological polar surface area (TPSA) is 50.4 Å². The summed E-state index contributed by atoms with van der Waals surface area (Å²) in [6, 6.07) is 8.02. The molecule has 0 bridgehead atoms. The van der Waals surface area contributed by atoms with Crippen LogP contribution in [-0.4, -0.2) is 25.3 Å². The number of carbonyl (C=O) groups excluding carboxylic acids is 1. The largest absolute Gasteiger partial charge is 0.468 e. The van der Waals surface area contributed by atoms with E-state index in [1.807, 2.05) is 12.1 Å². The maximum atomic E-state index is 12.0. The highest BCUT2D eigenvalue weighted by Gasteiger charge is 2.61. The van der Waals surface area contributed by atoms with Crippen LogP contribution in [0.1, 0.15) is 25.8 Å². The van der Waals surface area contributed by atoms with E-state index in [1.165, 1.54) is 12.7 Å². The predicted molar refractivity (Wildman–Crippen MR) is 83.1 cm³/mol. The molecular weight excluding hydrogens is 264 g/mol. The fourth-order valence-electron chi connectivity index (χ4n) is 3.88. The van der Waals surface area contributed by atoms with Crippen molar-refractivity contribution >= 4 is 11.7 Å². The standard InChI is InChI=1S/C17H22N2O2/c1-5-16(2,3)17-10-13(14(20)21-4)19-15(17)18-12-9-7-6-8-11(12)17/h5-9,13,15,18-19H,1,10H2,2-4H3/t13-,15-,17+/m0/s1. The molecule has 0 aliphatic carbocycles. The SMILES string of the molecule is C=CC(C)(C)[C@@]12C[C@@H](C(=O)OC)N[C@@H]1Nc1ccccc12. The second-order valence-electron chi connectivity index (χ2n) is 6.47. The van der Waals surface area contributed by atoms with Gasteiger partial charge in [-0.25, -0.2) is 0 Å². The van der Waals surface area contributed by atoms with Crippen molar-refractivity contribution in [2.24, 2.45) is 5.41 Å². The fraction of sp³-hybridized carbons (Fsp3) is 0.471. The van der Waals surface area contributed by atoms with Crippen molar-refractivity contribution in [1.82, 2.24) is 5.32 Å². The summed E-state index contributed by atoms with van der Waals surface area (Å²) in [5.41, 5.74) is 2.02. The number of rotatable bonds is 3. The Hall–Kier alpha value is -1.81. The number of nitrogens with one attached hydrogen (secondary N) is 2.